The van der Waals surface area contributed by atoms with E-state index in [-0.39, 0.29) is 0 Å². The molecular formula is C11H15N2O14P3S. The van der Waals surface area contributed by atoms with E-state index < -0.39 is 64.3 Å². The molecule has 0 aromatic carbocycles. The molecular weight excluding hydrogens is 509 g/mol. The number of terminal acetylenes is 1. The summed E-state index contributed by atoms with van der Waals surface area (Å²) in [7, 11) is -11.1. The zero-order valence-corrected chi connectivity index (χ0v) is 18.3. The van der Waals surface area contributed by atoms with Gasteiger partial charge in [-0.2, -0.15) is 4.31 Å². The van der Waals surface area contributed by atoms with Gasteiger partial charge in [-0.05, 0) is 11.8 Å². The van der Waals surface area contributed by atoms with Crippen LogP contribution < -0.4 is 11.2 Å². The Bertz CT molecular complexity index is 1140. The molecule has 7 N–H and O–H groups in total. The molecule has 6 atom stereocenters. The van der Waals surface area contributed by atoms with Crippen LogP contribution in [0.15, 0.2) is 21.9 Å². The summed E-state index contributed by atoms with van der Waals surface area (Å²) < 4.78 is 40.3. The predicted molar refractivity (Wildman–Crippen MR) is 102 cm³/mol. The molecule has 2 rings (SSSR count). The Kier molecular flexibility index (Phi) is 7.66. The van der Waals surface area contributed by atoms with Crippen LogP contribution in [0.3, 0.4) is 0 Å². The number of aliphatic hydroxyl groups is 2. The van der Waals surface area contributed by atoms with Crippen molar-refractivity contribution in [2.45, 2.75) is 24.0 Å². The molecule has 0 amide bonds. The van der Waals surface area contributed by atoms with Crippen LogP contribution in [0.2, 0.25) is 0 Å². The third kappa shape index (κ3) is 6.48. The van der Waals surface area contributed by atoms with Gasteiger partial charge in [0.15, 0.2) is 11.8 Å². The number of nitrogens with zero attached hydrogens (tertiary/aromatic N) is 1. The number of nitrogens with one attached hydrogen (secondary N) is 1. The standard InChI is InChI=1S/C11H15N2O14P3S/c1-2-11(17)8(15)6(25-9(11)13-4-3-7(14)12-10(13)16)5-24-30(23,31)27-29(21,22)26-28(18,19)20/h1,3-4,6,8-9,15,17H,5H2,(H,21,22)(H,23,31)(H,12,14,16)(H2,18,19,20)/t6-,8+,9-,11+,30?/m1/s1. The highest BCUT2D eigenvalue weighted by Crippen LogP contribution is 2.66. The molecule has 1 aliphatic rings. The SMILES string of the molecule is C#C[C@]1(O)[C@@H](O)[C@@H](COP(O)(=S)OP(=O)(O)OP(=O)(O)O)O[C@H]1n1ccc(=O)[nH]c1=O. The molecule has 1 aromatic rings. The summed E-state index contributed by atoms with van der Waals surface area (Å²) in [6.07, 6.45) is 0.836. The second-order valence-corrected chi connectivity index (χ2v) is 11.6. The van der Waals surface area contributed by atoms with Crippen LogP contribution in [0.1, 0.15) is 6.23 Å². The fraction of sp³-hybridized carbons (Fsp3) is 0.455. The van der Waals surface area contributed by atoms with Crippen molar-refractivity contribution in [2.24, 2.45) is 0 Å². The molecule has 174 valence electrons. The first-order valence-electron chi connectivity index (χ1n) is 7.63. The second-order valence-electron chi connectivity index (χ2n) is 5.85. The molecule has 1 saturated heterocycles. The lowest BCUT2D eigenvalue weighted by Crippen LogP contribution is -2.48. The fourth-order valence-corrected chi connectivity index (χ4v) is 6.39. The molecule has 0 aliphatic carbocycles. The first-order valence-corrected chi connectivity index (χ1v) is 13.2. The highest BCUT2D eigenvalue weighted by Gasteiger charge is 2.56. The molecule has 1 aliphatic heterocycles. The molecule has 2 heterocycles. The van der Waals surface area contributed by atoms with E-state index in [4.69, 9.17) is 20.9 Å². The molecule has 31 heavy (non-hydrogen) atoms. The Hall–Kier alpha value is -1.05. The van der Waals surface area contributed by atoms with Gasteiger partial charge in [-0.1, -0.05) is 5.92 Å². The monoisotopic (exact) mass is 524 g/mol. The molecule has 1 fully saturated rings. The lowest BCUT2D eigenvalue weighted by molar-refractivity contribution is -0.0757. The van der Waals surface area contributed by atoms with Gasteiger partial charge < -0.3 is 39.0 Å². The molecule has 1 aromatic heterocycles. The fourth-order valence-electron chi connectivity index (χ4n) is 2.42. The first kappa shape index (κ1) is 26.2. The lowest BCUT2D eigenvalue weighted by Gasteiger charge is -2.26. The van der Waals surface area contributed by atoms with Gasteiger partial charge in [0, 0.05) is 12.3 Å². The van der Waals surface area contributed by atoms with Gasteiger partial charge in [0.25, 0.3) is 5.56 Å². The highest BCUT2D eigenvalue weighted by atomic mass is 32.5. The average molecular weight is 524 g/mol. The highest BCUT2D eigenvalue weighted by molar-refractivity contribution is 8.08. The minimum atomic E-state index is -5.57. The van der Waals surface area contributed by atoms with Crippen LogP contribution in [0.25, 0.3) is 0 Å². The number of H-pyrrole nitrogens is 1. The Morgan fingerprint density at radius 1 is 1.29 bits per heavy atom. The topological polar surface area (TPSA) is 247 Å². The Balaban J connectivity index is 2.19. The molecule has 16 nitrogen and oxygen atoms in total. The average Bonchev–Trinajstić information content (AvgIpc) is 2.82. The van der Waals surface area contributed by atoms with Gasteiger partial charge >= 0.3 is 28.1 Å². The van der Waals surface area contributed by atoms with Crippen LogP contribution in [0.4, 0.5) is 0 Å². The van der Waals surface area contributed by atoms with Crippen LogP contribution in [0.5, 0.6) is 0 Å². The number of phosphoric acid groups is 2. The first-order chi connectivity index (χ1) is 14.0. The Labute approximate surface area is 177 Å². The van der Waals surface area contributed by atoms with Gasteiger partial charge in [0.1, 0.15) is 12.2 Å². The summed E-state index contributed by atoms with van der Waals surface area (Å²) >= 11 is 4.42. The molecule has 20 heteroatoms. The van der Waals surface area contributed by atoms with Crippen molar-refractivity contribution in [1.82, 2.24) is 9.55 Å². The van der Waals surface area contributed by atoms with Crippen molar-refractivity contribution in [3.63, 3.8) is 0 Å². The molecule has 2 unspecified atom stereocenters. The van der Waals surface area contributed by atoms with Gasteiger partial charge in [-0.25, -0.2) is 18.2 Å². The van der Waals surface area contributed by atoms with Crippen LogP contribution in [-0.2, 0) is 38.8 Å². The van der Waals surface area contributed by atoms with Crippen molar-refractivity contribution in [3.8, 4) is 12.3 Å². The van der Waals surface area contributed by atoms with Crippen molar-refractivity contribution < 1.29 is 56.8 Å². The number of aromatic nitrogens is 2. The smallest absolute Gasteiger partial charge is 0.386 e. The maximum atomic E-state index is 12.0. The summed E-state index contributed by atoms with van der Waals surface area (Å²) in [5.41, 5.74) is -4.36. The minimum Gasteiger partial charge on any atom is -0.386 e. The van der Waals surface area contributed by atoms with Gasteiger partial charge in [0.2, 0.25) is 0 Å². The molecule has 0 bridgehead atoms. The molecule has 0 radical (unpaired) electrons. The summed E-state index contributed by atoms with van der Waals surface area (Å²) in [4.78, 5) is 61.1. The van der Waals surface area contributed by atoms with Crippen molar-refractivity contribution in [3.05, 3.63) is 33.1 Å². The number of hydrogen-bond acceptors (Lipinski definition) is 11. The predicted octanol–water partition coefficient (Wildman–Crippen LogP) is -2.38. The van der Waals surface area contributed by atoms with Crippen molar-refractivity contribution >= 4 is 34.2 Å². The summed E-state index contributed by atoms with van der Waals surface area (Å²) in [5, 5.41) is 20.9. The third-order valence-corrected chi connectivity index (χ3v) is 8.35. The van der Waals surface area contributed by atoms with Crippen molar-refractivity contribution in [2.75, 3.05) is 6.61 Å². The second kappa shape index (κ2) is 9.06. The van der Waals surface area contributed by atoms with E-state index in [1.807, 2.05) is 10.9 Å². The quantitative estimate of drug-likeness (QED) is 0.139. The van der Waals surface area contributed by atoms with E-state index in [0.717, 1.165) is 12.3 Å². The molecule has 0 spiro atoms. The van der Waals surface area contributed by atoms with Gasteiger partial charge in [-0.15, -0.1) is 6.42 Å². The van der Waals surface area contributed by atoms with Crippen molar-refractivity contribution in [1.29, 1.82) is 0 Å². The van der Waals surface area contributed by atoms with Crippen LogP contribution >= 0.6 is 22.4 Å². The van der Waals surface area contributed by atoms with Gasteiger partial charge in [-0.3, -0.25) is 14.3 Å². The van der Waals surface area contributed by atoms with Crippen LogP contribution in [-0.4, -0.2) is 63.8 Å². The number of aromatic amines is 1. The van der Waals surface area contributed by atoms with E-state index >= 15 is 0 Å². The summed E-state index contributed by atoms with van der Waals surface area (Å²) in [6.45, 7) is -5.67. The van der Waals surface area contributed by atoms with E-state index in [2.05, 4.69) is 25.0 Å². The number of rotatable bonds is 8. The Morgan fingerprint density at radius 2 is 1.90 bits per heavy atom. The zero-order chi connectivity index (χ0) is 23.8. The number of hydrogen-bond donors (Lipinski definition) is 7. The summed E-state index contributed by atoms with van der Waals surface area (Å²) in [5.74, 6) is 1.84. The van der Waals surface area contributed by atoms with E-state index in [1.165, 1.54) is 0 Å². The lowest BCUT2D eigenvalue weighted by atomic mass is 9.95. The largest absolute Gasteiger partial charge is 0.488 e. The maximum Gasteiger partial charge on any atom is 0.488 e. The third-order valence-electron chi connectivity index (χ3n) is 3.64. The molecule has 0 saturated carbocycles. The van der Waals surface area contributed by atoms with Gasteiger partial charge in [0.05, 0.1) is 6.61 Å². The van der Waals surface area contributed by atoms with E-state index in [0.29, 0.717) is 4.57 Å². The maximum absolute atomic E-state index is 12.0. The zero-order valence-electron chi connectivity index (χ0n) is 14.8. The minimum absolute atomic E-state index is 0.659. The van der Waals surface area contributed by atoms with Crippen LogP contribution in [0, 0.1) is 12.3 Å². The number of ether oxygens (including phenoxy) is 1. The Morgan fingerprint density at radius 3 is 2.42 bits per heavy atom. The van der Waals surface area contributed by atoms with E-state index in [1.54, 1.807) is 0 Å². The van der Waals surface area contributed by atoms with E-state index in [9.17, 15) is 38.7 Å². The normalized spacial score (nSPS) is 30.3. The number of aliphatic hydroxyl groups excluding tert-OH is 1. The summed E-state index contributed by atoms with van der Waals surface area (Å²) in [6, 6.07) is 0.902.